The number of anilines is 1. The van der Waals surface area contributed by atoms with Crippen molar-refractivity contribution in [3.05, 3.63) is 71.8 Å². The molecular formula is C28H29FN4O3S. The first-order valence-electron chi connectivity index (χ1n) is 12.4. The van der Waals surface area contributed by atoms with Gasteiger partial charge < -0.3 is 10.1 Å². The molecule has 1 aliphatic rings. The molecule has 1 saturated carbocycles. The van der Waals surface area contributed by atoms with Crippen LogP contribution < -0.4 is 10.1 Å². The van der Waals surface area contributed by atoms with Gasteiger partial charge in [0, 0.05) is 41.2 Å². The zero-order chi connectivity index (χ0) is 26.0. The first kappa shape index (κ1) is 25.1. The van der Waals surface area contributed by atoms with Gasteiger partial charge >= 0.3 is 0 Å². The van der Waals surface area contributed by atoms with Crippen LogP contribution in [0.3, 0.4) is 0 Å². The molecule has 0 unspecified atom stereocenters. The summed E-state index contributed by atoms with van der Waals surface area (Å²) in [6, 6.07) is 12.8. The molecule has 1 aliphatic carbocycles. The lowest BCUT2D eigenvalue weighted by atomic mass is 9.96. The molecule has 37 heavy (non-hydrogen) atoms. The summed E-state index contributed by atoms with van der Waals surface area (Å²) in [4.78, 5) is 13.5. The summed E-state index contributed by atoms with van der Waals surface area (Å²) in [6.45, 7) is 1.59. The number of aromatic nitrogens is 3. The van der Waals surface area contributed by atoms with E-state index >= 15 is 4.39 Å². The second kappa shape index (κ2) is 10.4. The number of rotatable bonds is 7. The molecule has 4 aromatic rings. The van der Waals surface area contributed by atoms with Gasteiger partial charge in [0.15, 0.2) is 9.84 Å². The molecule has 2 aromatic heterocycles. The lowest BCUT2D eigenvalue weighted by Crippen LogP contribution is -2.23. The van der Waals surface area contributed by atoms with E-state index < -0.39 is 21.4 Å². The average molecular weight is 521 g/mol. The third-order valence-electron chi connectivity index (χ3n) is 6.68. The Balaban J connectivity index is 1.54. The third-order valence-corrected chi connectivity index (χ3v) is 7.49. The Kier molecular flexibility index (Phi) is 7.06. The molecule has 0 bridgehead atoms. The van der Waals surface area contributed by atoms with E-state index in [-0.39, 0.29) is 17.0 Å². The summed E-state index contributed by atoms with van der Waals surface area (Å²) in [5.41, 5.74) is 1.63. The van der Waals surface area contributed by atoms with Gasteiger partial charge in [0.2, 0.25) is 11.8 Å². The first-order chi connectivity index (χ1) is 17.8. The molecule has 1 fully saturated rings. The minimum Gasteiger partial charge on any atom is -0.437 e. The normalized spacial score (nSPS) is 14.6. The molecule has 0 aliphatic heterocycles. The van der Waals surface area contributed by atoms with Gasteiger partial charge in [-0.2, -0.15) is 0 Å². The van der Waals surface area contributed by atoms with Crippen LogP contribution in [0.25, 0.3) is 22.0 Å². The molecular weight excluding hydrogens is 491 g/mol. The fraction of sp³-hybridized carbons (Fsp3) is 0.321. The number of sulfone groups is 1. The first-order valence-corrected chi connectivity index (χ1v) is 14.5. The second-order valence-electron chi connectivity index (χ2n) is 9.57. The molecule has 0 radical (unpaired) electrons. The van der Waals surface area contributed by atoms with Crippen LogP contribution >= 0.6 is 0 Å². The highest BCUT2D eigenvalue weighted by Crippen LogP contribution is 2.40. The van der Waals surface area contributed by atoms with E-state index in [4.69, 9.17) is 9.72 Å². The van der Waals surface area contributed by atoms with Gasteiger partial charge in [-0.3, -0.25) is 0 Å². The van der Waals surface area contributed by atoms with Gasteiger partial charge in [0.05, 0.1) is 17.0 Å². The number of pyridine rings is 1. The fourth-order valence-corrected chi connectivity index (χ4v) is 5.70. The predicted molar refractivity (Wildman–Crippen MR) is 143 cm³/mol. The zero-order valence-electron chi connectivity index (χ0n) is 20.9. The molecule has 7 nitrogen and oxygen atoms in total. The number of nitrogens with one attached hydrogen (secondary N) is 1. The van der Waals surface area contributed by atoms with E-state index in [0.717, 1.165) is 19.1 Å². The van der Waals surface area contributed by atoms with E-state index in [1.165, 1.54) is 19.3 Å². The largest absolute Gasteiger partial charge is 0.437 e. The molecule has 5 rings (SSSR count). The summed E-state index contributed by atoms with van der Waals surface area (Å²) < 4.78 is 45.8. The van der Waals surface area contributed by atoms with E-state index in [9.17, 15) is 8.42 Å². The van der Waals surface area contributed by atoms with Crippen molar-refractivity contribution in [3.63, 3.8) is 0 Å². The molecule has 1 N–H and O–H groups in total. The van der Waals surface area contributed by atoms with Crippen LogP contribution in [0.1, 0.15) is 43.2 Å². The summed E-state index contributed by atoms with van der Waals surface area (Å²) in [7, 11) is -3.45. The maximum Gasteiger partial charge on any atom is 0.228 e. The van der Waals surface area contributed by atoms with Crippen molar-refractivity contribution in [2.24, 2.45) is 0 Å². The molecule has 192 valence electrons. The predicted octanol–water partition coefficient (Wildman–Crippen LogP) is 6.22. The topological polar surface area (TPSA) is 94.1 Å². The van der Waals surface area contributed by atoms with Gasteiger partial charge in [-0.05, 0) is 43.4 Å². The highest BCUT2D eigenvalue weighted by molar-refractivity contribution is 7.89. The Hall–Kier alpha value is -3.59. The molecule has 2 aromatic carbocycles. The number of nitrogens with zero attached hydrogens (tertiary/aromatic N) is 3. The zero-order valence-corrected chi connectivity index (χ0v) is 21.7. The van der Waals surface area contributed by atoms with E-state index in [2.05, 4.69) is 15.3 Å². The van der Waals surface area contributed by atoms with Crippen LogP contribution in [0.2, 0.25) is 0 Å². The number of fused-ring (bicyclic) bond motifs is 1. The highest BCUT2D eigenvalue weighted by atomic mass is 32.2. The number of hydrogen-bond acceptors (Lipinski definition) is 7. The number of benzene rings is 2. The quantitative estimate of drug-likeness (QED) is 0.309. The summed E-state index contributed by atoms with van der Waals surface area (Å²) in [5.74, 6) is 0.121. The van der Waals surface area contributed by atoms with Gasteiger partial charge in [0.25, 0.3) is 0 Å². The standard InChI is InChI=1S/C28H29FN4O3S/c1-18-25(29)23(17-37(2,34)35)20-11-6-7-12-21(20)26(18)36-27-22(13-8-15-30-27)24-14-16-31-28(33-24)32-19-9-4-3-5-10-19/h6-8,11-16,19H,3-5,9-10,17H2,1-2H3,(H,31,32,33). The van der Waals surface area contributed by atoms with Gasteiger partial charge in [-0.1, -0.05) is 43.5 Å². The molecule has 9 heteroatoms. The van der Waals surface area contributed by atoms with Crippen LogP contribution in [0.5, 0.6) is 11.6 Å². The van der Waals surface area contributed by atoms with Crippen LogP contribution in [-0.4, -0.2) is 35.7 Å². The number of hydrogen-bond donors (Lipinski definition) is 1. The van der Waals surface area contributed by atoms with Gasteiger partial charge in [0.1, 0.15) is 11.6 Å². The van der Waals surface area contributed by atoms with Gasteiger partial charge in [-0.15, -0.1) is 0 Å². The van der Waals surface area contributed by atoms with Crippen molar-refractivity contribution >= 4 is 26.6 Å². The summed E-state index contributed by atoms with van der Waals surface area (Å²) >= 11 is 0. The molecule has 0 atom stereocenters. The van der Waals surface area contributed by atoms with Crippen molar-refractivity contribution in [2.75, 3.05) is 11.6 Å². The Morgan fingerprint density at radius 1 is 1.00 bits per heavy atom. The maximum absolute atomic E-state index is 15.5. The Bertz CT molecular complexity index is 1550. The minimum absolute atomic E-state index is 0.137. The van der Waals surface area contributed by atoms with Crippen LogP contribution in [-0.2, 0) is 15.6 Å². The Morgan fingerprint density at radius 2 is 1.76 bits per heavy atom. The molecule has 0 spiro atoms. The fourth-order valence-electron chi connectivity index (χ4n) is 4.90. The van der Waals surface area contributed by atoms with E-state index in [0.29, 0.717) is 39.8 Å². The Morgan fingerprint density at radius 3 is 2.51 bits per heavy atom. The smallest absolute Gasteiger partial charge is 0.228 e. The molecule has 0 amide bonds. The average Bonchev–Trinajstić information content (AvgIpc) is 2.89. The number of ether oxygens (including phenoxy) is 1. The van der Waals surface area contributed by atoms with Gasteiger partial charge in [-0.25, -0.2) is 27.8 Å². The van der Waals surface area contributed by atoms with Crippen molar-refractivity contribution in [3.8, 4) is 22.9 Å². The van der Waals surface area contributed by atoms with E-state index in [1.807, 2.05) is 12.1 Å². The molecule has 0 saturated heterocycles. The SMILES string of the molecule is Cc1c(F)c(CS(C)(=O)=O)c2ccccc2c1Oc1ncccc1-c1ccnc(NC2CCCCC2)n1. The van der Waals surface area contributed by atoms with E-state index in [1.54, 1.807) is 49.6 Å². The molecule has 2 heterocycles. The van der Waals surface area contributed by atoms with Crippen molar-refractivity contribution in [2.45, 2.75) is 50.8 Å². The van der Waals surface area contributed by atoms with Crippen LogP contribution in [0, 0.1) is 12.7 Å². The highest BCUT2D eigenvalue weighted by Gasteiger charge is 2.23. The summed E-state index contributed by atoms with van der Waals surface area (Å²) in [6.07, 6.45) is 10.3. The minimum atomic E-state index is -3.45. The second-order valence-corrected chi connectivity index (χ2v) is 11.7. The van der Waals surface area contributed by atoms with Crippen LogP contribution in [0.4, 0.5) is 10.3 Å². The lowest BCUT2D eigenvalue weighted by Gasteiger charge is -2.22. The number of halogens is 1. The summed E-state index contributed by atoms with van der Waals surface area (Å²) in [5, 5.41) is 4.54. The maximum atomic E-state index is 15.5. The van der Waals surface area contributed by atoms with Crippen molar-refractivity contribution in [1.29, 1.82) is 0 Å². The monoisotopic (exact) mass is 520 g/mol. The van der Waals surface area contributed by atoms with Crippen molar-refractivity contribution < 1.29 is 17.5 Å². The third kappa shape index (κ3) is 5.56. The van der Waals surface area contributed by atoms with Crippen molar-refractivity contribution in [1.82, 2.24) is 15.0 Å². The Labute approximate surface area is 216 Å². The lowest BCUT2D eigenvalue weighted by molar-refractivity contribution is 0.459. The van der Waals surface area contributed by atoms with Crippen LogP contribution in [0.15, 0.2) is 54.9 Å².